The first-order valence-electron chi connectivity index (χ1n) is 10.5. The van der Waals surface area contributed by atoms with E-state index in [1.165, 1.54) is 23.3 Å². The predicted molar refractivity (Wildman–Crippen MR) is 126 cm³/mol. The van der Waals surface area contributed by atoms with E-state index in [-0.39, 0.29) is 12.1 Å². The van der Waals surface area contributed by atoms with Crippen LogP contribution in [0.4, 0.5) is 5.69 Å². The van der Waals surface area contributed by atoms with Gasteiger partial charge in [0, 0.05) is 16.8 Å². The van der Waals surface area contributed by atoms with Gasteiger partial charge in [-0.2, -0.15) is 0 Å². The monoisotopic (exact) mass is 435 g/mol. The van der Waals surface area contributed by atoms with Crippen LogP contribution in [-0.2, 0) is 0 Å². The van der Waals surface area contributed by atoms with E-state index < -0.39 is 0 Å². The van der Waals surface area contributed by atoms with E-state index in [1.807, 2.05) is 18.3 Å². The molecule has 2 aliphatic rings. The van der Waals surface area contributed by atoms with Gasteiger partial charge in [0.1, 0.15) is 5.75 Å². The van der Waals surface area contributed by atoms with Crippen LogP contribution in [0.1, 0.15) is 53.9 Å². The van der Waals surface area contributed by atoms with Gasteiger partial charge in [0.25, 0.3) is 0 Å². The molecule has 3 aromatic rings. The molecule has 0 bridgehead atoms. The molecule has 0 spiro atoms. The first-order valence-corrected chi connectivity index (χ1v) is 11.8. The molecule has 0 unspecified atom stereocenters. The second-order valence-electron chi connectivity index (χ2n) is 7.98. The molecular formula is C24H25N3OS2. The van der Waals surface area contributed by atoms with Gasteiger partial charge in [0.05, 0.1) is 23.9 Å². The SMILES string of the molecule is Cc1ccsc1[C@@H]1[C@@H](c2ccccn2)NC(=S)N1c1ccc(OC2CCCC2)cc1. The summed E-state index contributed by atoms with van der Waals surface area (Å²) < 4.78 is 6.15. The topological polar surface area (TPSA) is 37.4 Å². The third-order valence-electron chi connectivity index (χ3n) is 5.99. The Bertz CT molecular complexity index is 1010. The minimum atomic E-state index is 0.00506. The van der Waals surface area contributed by atoms with Crippen molar-refractivity contribution in [2.75, 3.05) is 4.90 Å². The van der Waals surface area contributed by atoms with Crippen molar-refractivity contribution in [2.45, 2.75) is 50.8 Å². The molecule has 6 heteroatoms. The second kappa shape index (κ2) is 8.36. The highest BCUT2D eigenvalue weighted by atomic mass is 32.1. The molecule has 1 aliphatic heterocycles. The quantitative estimate of drug-likeness (QED) is 0.501. The van der Waals surface area contributed by atoms with Gasteiger partial charge in [0.15, 0.2) is 5.11 Å². The summed E-state index contributed by atoms with van der Waals surface area (Å²) in [6.07, 6.45) is 7.07. The van der Waals surface area contributed by atoms with E-state index in [1.54, 1.807) is 11.3 Å². The Morgan fingerprint density at radius 3 is 2.57 bits per heavy atom. The molecule has 1 N–H and O–H groups in total. The smallest absolute Gasteiger partial charge is 0.174 e. The summed E-state index contributed by atoms with van der Waals surface area (Å²) in [6.45, 7) is 2.17. The number of hydrogen-bond acceptors (Lipinski definition) is 4. The van der Waals surface area contributed by atoms with Crippen molar-refractivity contribution < 1.29 is 4.74 Å². The van der Waals surface area contributed by atoms with Crippen molar-refractivity contribution >= 4 is 34.4 Å². The van der Waals surface area contributed by atoms with Gasteiger partial charge < -0.3 is 15.0 Å². The Kier molecular flexibility index (Phi) is 5.44. The fraction of sp³-hybridized carbons (Fsp3) is 0.333. The lowest BCUT2D eigenvalue weighted by molar-refractivity contribution is 0.210. The van der Waals surface area contributed by atoms with Crippen molar-refractivity contribution in [2.24, 2.45) is 0 Å². The molecule has 2 aromatic heterocycles. The van der Waals surface area contributed by atoms with Crippen LogP contribution in [0, 0.1) is 6.92 Å². The summed E-state index contributed by atoms with van der Waals surface area (Å²) in [5.74, 6) is 0.939. The summed E-state index contributed by atoms with van der Waals surface area (Å²) in [7, 11) is 0. The summed E-state index contributed by atoms with van der Waals surface area (Å²) in [6, 6.07) is 16.7. The molecule has 30 heavy (non-hydrogen) atoms. The standard InChI is InChI=1S/C24H25N3OS2/c1-16-13-15-30-23(16)22-21(20-8-4-5-14-25-20)26-24(29)27(22)17-9-11-19(12-10-17)28-18-6-2-3-7-18/h4-5,8-15,18,21-22H,2-3,6-7H2,1H3,(H,26,29)/t21-,22+/m1/s1. The number of thiophene rings is 1. The number of hydrogen-bond donors (Lipinski definition) is 1. The van der Waals surface area contributed by atoms with Gasteiger partial charge in [0.2, 0.25) is 0 Å². The third-order valence-corrected chi connectivity index (χ3v) is 7.39. The molecule has 0 amide bonds. The number of benzene rings is 1. The zero-order valence-corrected chi connectivity index (χ0v) is 18.6. The van der Waals surface area contributed by atoms with Gasteiger partial charge in [-0.1, -0.05) is 6.07 Å². The van der Waals surface area contributed by atoms with Crippen LogP contribution < -0.4 is 15.0 Å². The Balaban J connectivity index is 1.48. The fourth-order valence-corrected chi connectivity index (χ4v) is 5.87. The number of rotatable bonds is 5. The average Bonchev–Trinajstić information content (AvgIpc) is 3.50. The van der Waals surface area contributed by atoms with Crippen molar-refractivity contribution in [1.29, 1.82) is 0 Å². The Morgan fingerprint density at radius 2 is 1.90 bits per heavy atom. The lowest BCUT2D eigenvalue weighted by Gasteiger charge is -2.28. The molecular weight excluding hydrogens is 410 g/mol. The zero-order valence-electron chi connectivity index (χ0n) is 17.0. The molecule has 0 radical (unpaired) electrons. The van der Waals surface area contributed by atoms with Crippen molar-refractivity contribution in [3.63, 3.8) is 0 Å². The van der Waals surface area contributed by atoms with E-state index in [0.717, 1.165) is 35.1 Å². The molecule has 1 saturated carbocycles. The Hall–Kier alpha value is -2.44. The van der Waals surface area contributed by atoms with E-state index in [9.17, 15) is 0 Å². The normalized spacial score (nSPS) is 21.8. The lowest BCUT2D eigenvalue weighted by Crippen LogP contribution is -2.29. The van der Waals surface area contributed by atoms with Crippen LogP contribution in [0.15, 0.2) is 60.1 Å². The first kappa shape index (κ1) is 19.5. The Morgan fingerprint density at radius 1 is 1.10 bits per heavy atom. The minimum absolute atomic E-state index is 0.00506. The van der Waals surface area contributed by atoms with Crippen LogP contribution in [0.2, 0.25) is 0 Å². The zero-order chi connectivity index (χ0) is 20.5. The molecule has 4 nitrogen and oxygen atoms in total. The largest absolute Gasteiger partial charge is 0.490 e. The van der Waals surface area contributed by atoms with Crippen LogP contribution in [-0.4, -0.2) is 16.2 Å². The van der Waals surface area contributed by atoms with E-state index in [4.69, 9.17) is 17.0 Å². The minimum Gasteiger partial charge on any atom is -0.490 e. The van der Waals surface area contributed by atoms with E-state index >= 15 is 0 Å². The van der Waals surface area contributed by atoms with E-state index in [2.05, 4.69) is 63.9 Å². The molecule has 1 saturated heterocycles. The highest BCUT2D eigenvalue weighted by Crippen LogP contribution is 2.44. The van der Waals surface area contributed by atoms with Gasteiger partial charge >= 0.3 is 0 Å². The van der Waals surface area contributed by atoms with Gasteiger partial charge in [-0.05, 0) is 98.2 Å². The molecule has 2 fully saturated rings. The van der Waals surface area contributed by atoms with Crippen molar-refractivity contribution in [3.05, 3.63) is 76.2 Å². The summed E-state index contributed by atoms with van der Waals surface area (Å²) in [5, 5.41) is 6.41. The summed E-state index contributed by atoms with van der Waals surface area (Å²) in [4.78, 5) is 8.16. The highest BCUT2D eigenvalue weighted by molar-refractivity contribution is 7.80. The first-order chi connectivity index (χ1) is 14.7. The van der Waals surface area contributed by atoms with Crippen LogP contribution in [0.25, 0.3) is 0 Å². The predicted octanol–water partition coefficient (Wildman–Crippen LogP) is 5.95. The van der Waals surface area contributed by atoms with Crippen LogP contribution in [0.5, 0.6) is 5.75 Å². The number of pyridine rings is 1. The Labute approximate surface area is 186 Å². The summed E-state index contributed by atoms with van der Waals surface area (Å²) >= 11 is 7.58. The molecule has 5 rings (SSSR count). The average molecular weight is 436 g/mol. The number of anilines is 1. The van der Waals surface area contributed by atoms with Gasteiger partial charge in [-0.3, -0.25) is 4.98 Å². The van der Waals surface area contributed by atoms with Crippen LogP contribution in [0.3, 0.4) is 0 Å². The summed E-state index contributed by atoms with van der Waals surface area (Å²) in [5.41, 5.74) is 3.35. The van der Waals surface area contributed by atoms with Crippen LogP contribution >= 0.6 is 23.6 Å². The molecule has 154 valence electrons. The molecule has 1 aromatic carbocycles. The number of aromatic nitrogens is 1. The number of ether oxygens (including phenoxy) is 1. The van der Waals surface area contributed by atoms with E-state index in [0.29, 0.717) is 6.10 Å². The second-order valence-corrected chi connectivity index (χ2v) is 9.32. The molecule has 3 heterocycles. The van der Waals surface area contributed by atoms with Gasteiger partial charge in [-0.15, -0.1) is 11.3 Å². The maximum Gasteiger partial charge on any atom is 0.174 e. The highest BCUT2D eigenvalue weighted by Gasteiger charge is 2.41. The fourth-order valence-electron chi connectivity index (χ4n) is 4.47. The molecule has 1 aliphatic carbocycles. The molecule has 2 atom stereocenters. The lowest BCUT2D eigenvalue weighted by atomic mass is 10.0. The maximum absolute atomic E-state index is 6.15. The number of nitrogens with one attached hydrogen (secondary N) is 1. The number of nitrogens with zero attached hydrogens (tertiary/aromatic N) is 2. The number of thiocarbonyl (C=S) groups is 1. The number of aryl methyl sites for hydroxylation is 1. The third kappa shape index (κ3) is 3.70. The maximum atomic E-state index is 6.15. The van der Waals surface area contributed by atoms with Crippen molar-refractivity contribution in [1.82, 2.24) is 10.3 Å². The van der Waals surface area contributed by atoms with Gasteiger partial charge in [-0.25, -0.2) is 0 Å². The van der Waals surface area contributed by atoms with Crippen molar-refractivity contribution in [3.8, 4) is 5.75 Å².